The van der Waals surface area contributed by atoms with E-state index in [1.807, 2.05) is 25.1 Å². The third-order valence-corrected chi connectivity index (χ3v) is 1.87. The molecule has 3 heteroatoms. The van der Waals surface area contributed by atoms with Crippen LogP contribution in [0.15, 0.2) is 18.2 Å². The van der Waals surface area contributed by atoms with Crippen LogP contribution >= 0.6 is 0 Å². The number of hydrogen-bond donors (Lipinski definition) is 1. The average Bonchev–Trinajstić information content (AvgIpc) is 2.03. The Morgan fingerprint density at radius 1 is 1.46 bits per heavy atom. The fraction of sp³-hybridized carbons (Fsp3) is 0.400. The summed E-state index contributed by atoms with van der Waals surface area (Å²) in [7, 11) is 3.28. The van der Waals surface area contributed by atoms with Gasteiger partial charge in [-0.15, -0.1) is 0 Å². The lowest BCUT2D eigenvalue weighted by Gasteiger charge is -2.10. The number of ether oxygens (including phenoxy) is 1. The van der Waals surface area contributed by atoms with Crippen molar-refractivity contribution in [3.8, 4) is 5.75 Å². The van der Waals surface area contributed by atoms with Gasteiger partial charge in [-0.1, -0.05) is 12.1 Å². The van der Waals surface area contributed by atoms with Crippen molar-refractivity contribution in [2.24, 2.45) is 0 Å². The third-order valence-electron chi connectivity index (χ3n) is 1.87. The van der Waals surface area contributed by atoms with Crippen LogP contribution in [0.2, 0.25) is 0 Å². The van der Waals surface area contributed by atoms with Crippen LogP contribution in [0.4, 0.5) is 0 Å². The summed E-state index contributed by atoms with van der Waals surface area (Å²) in [5.74, 6) is 0.879. The lowest BCUT2D eigenvalue weighted by molar-refractivity contribution is -0.0731. The molecule has 0 aliphatic carbocycles. The molecule has 13 heavy (non-hydrogen) atoms. The minimum Gasteiger partial charge on any atom is -0.496 e. The van der Waals surface area contributed by atoms with Crippen LogP contribution < -0.4 is 4.74 Å². The summed E-state index contributed by atoms with van der Waals surface area (Å²) in [5.41, 5.74) is 2.16. The van der Waals surface area contributed by atoms with E-state index in [1.54, 1.807) is 14.2 Å². The molecule has 0 amide bonds. The number of nitrogens with zero attached hydrogens (tertiary/aromatic N) is 1. The maximum absolute atomic E-state index is 9.03. The fourth-order valence-corrected chi connectivity index (χ4v) is 1.30. The number of hydrogen-bond acceptors (Lipinski definition) is 3. The second-order valence-electron chi connectivity index (χ2n) is 3.12. The predicted molar refractivity (Wildman–Crippen MR) is 51.0 cm³/mol. The molecule has 1 aromatic carbocycles. The Bertz CT molecular complexity index is 284. The Morgan fingerprint density at radius 2 is 2.15 bits per heavy atom. The van der Waals surface area contributed by atoms with Gasteiger partial charge in [0.05, 0.1) is 7.11 Å². The second-order valence-corrected chi connectivity index (χ2v) is 3.12. The van der Waals surface area contributed by atoms with E-state index in [0.29, 0.717) is 6.54 Å². The van der Waals surface area contributed by atoms with Crippen molar-refractivity contribution >= 4 is 0 Å². The van der Waals surface area contributed by atoms with Crippen molar-refractivity contribution in [1.82, 2.24) is 5.06 Å². The SMILES string of the molecule is COc1ccc(CN(C)O)cc1C. The maximum atomic E-state index is 9.03. The molecule has 0 atom stereocenters. The van der Waals surface area contributed by atoms with Crippen molar-refractivity contribution in [1.29, 1.82) is 0 Å². The highest BCUT2D eigenvalue weighted by molar-refractivity contribution is 5.35. The summed E-state index contributed by atoms with van der Waals surface area (Å²) < 4.78 is 5.13. The molecule has 0 heterocycles. The van der Waals surface area contributed by atoms with Crippen LogP contribution in [0.5, 0.6) is 5.75 Å². The molecule has 0 aliphatic heterocycles. The first-order valence-corrected chi connectivity index (χ1v) is 4.17. The van der Waals surface area contributed by atoms with Gasteiger partial charge in [-0.05, 0) is 24.1 Å². The molecule has 1 aromatic rings. The molecular formula is C10H15NO2. The summed E-state index contributed by atoms with van der Waals surface area (Å²) in [6, 6.07) is 5.86. The van der Waals surface area contributed by atoms with Crippen LogP contribution in [0.25, 0.3) is 0 Å². The van der Waals surface area contributed by atoms with Crippen molar-refractivity contribution in [3.63, 3.8) is 0 Å². The zero-order valence-corrected chi connectivity index (χ0v) is 8.24. The van der Waals surface area contributed by atoms with Gasteiger partial charge in [-0.2, -0.15) is 5.06 Å². The summed E-state index contributed by atoms with van der Waals surface area (Å²) >= 11 is 0. The first kappa shape index (κ1) is 10.0. The molecule has 0 aromatic heterocycles. The van der Waals surface area contributed by atoms with Crippen LogP contribution in [-0.4, -0.2) is 24.4 Å². The Labute approximate surface area is 78.5 Å². The van der Waals surface area contributed by atoms with Gasteiger partial charge in [0.25, 0.3) is 0 Å². The standard InChI is InChI=1S/C10H15NO2/c1-8-6-9(7-11(2)12)4-5-10(8)13-3/h4-6,12H,7H2,1-3H3. The van der Waals surface area contributed by atoms with Gasteiger partial charge in [0, 0.05) is 13.6 Å². The molecule has 1 N–H and O–H groups in total. The minimum atomic E-state index is 0.533. The molecule has 0 spiro atoms. The van der Waals surface area contributed by atoms with Crippen molar-refractivity contribution < 1.29 is 9.94 Å². The fourth-order valence-electron chi connectivity index (χ4n) is 1.30. The molecule has 0 saturated heterocycles. The molecule has 72 valence electrons. The van der Waals surface area contributed by atoms with Crippen LogP contribution in [0.1, 0.15) is 11.1 Å². The number of aryl methyl sites for hydroxylation is 1. The quantitative estimate of drug-likeness (QED) is 0.722. The molecule has 0 unspecified atom stereocenters. The molecule has 1 rings (SSSR count). The average molecular weight is 181 g/mol. The van der Waals surface area contributed by atoms with Gasteiger partial charge in [-0.3, -0.25) is 0 Å². The van der Waals surface area contributed by atoms with Gasteiger partial charge in [-0.25, -0.2) is 0 Å². The molecule has 0 aliphatic rings. The normalized spacial score (nSPS) is 10.5. The first-order valence-electron chi connectivity index (χ1n) is 4.17. The number of rotatable bonds is 3. The van der Waals surface area contributed by atoms with E-state index in [4.69, 9.17) is 9.94 Å². The van der Waals surface area contributed by atoms with Gasteiger partial charge >= 0.3 is 0 Å². The molecule has 3 nitrogen and oxygen atoms in total. The van der Waals surface area contributed by atoms with Gasteiger partial charge in [0.2, 0.25) is 0 Å². The highest BCUT2D eigenvalue weighted by Crippen LogP contribution is 2.18. The molecule has 0 radical (unpaired) electrons. The Morgan fingerprint density at radius 3 is 2.62 bits per heavy atom. The number of methoxy groups -OCH3 is 1. The summed E-state index contributed by atoms with van der Waals surface area (Å²) in [4.78, 5) is 0. The second kappa shape index (κ2) is 4.25. The zero-order valence-electron chi connectivity index (χ0n) is 8.24. The highest BCUT2D eigenvalue weighted by Gasteiger charge is 2.00. The first-order chi connectivity index (χ1) is 6.13. The molecule has 0 fully saturated rings. The highest BCUT2D eigenvalue weighted by atomic mass is 16.5. The van der Waals surface area contributed by atoms with Gasteiger partial charge < -0.3 is 9.94 Å². The minimum absolute atomic E-state index is 0.533. The van der Waals surface area contributed by atoms with E-state index < -0.39 is 0 Å². The van der Waals surface area contributed by atoms with Gasteiger partial charge in [0.1, 0.15) is 5.75 Å². The summed E-state index contributed by atoms with van der Waals surface area (Å²) in [6.07, 6.45) is 0. The third kappa shape index (κ3) is 2.72. The largest absolute Gasteiger partial charge is 0.496 e. The number of benzene rings is 1. The molecular weight excluding hydrogens is 166 g/mol. The zero-order chi connectivity index (χ0) is 9.84. The van der Waals surface area contributed by atoms with E-state index in [2.05, 4.69) is 0 Å². The smallest absolute Gasteiger partial charge is 0.121 e. The maximum Gasteiger partial charge on any atom is 0.121 e. The Balaban J connectivity index is 2.83. The topological polar surface area (TPSA) is 32.7 Å². The van der Waals surface area contributed by atoms with Crippen LogP contribution in [-0.2, 0) is 6.54 Å². The van der Waals surface area contributed by atoms with E-state index in [0.717, 1.165) is 21.9 Å². The summed E-state index contributed by atoms with van der Waals surface area (Å²) in [5, 5.41) is 10.2. The lowest BCUT2D eigenvalue weighted by atomic mass is 10.1. The monoisotopic (exact) mass is 181 g/mol. The van der Waals surface area contributed by atoms with E-state index >= 15 is 0 Å². The van der Waals surface area contributed by atoms with Crippen molar-refractivity contribution in [3.05, 3.63) is 29.3 Å². The summed E-state index contributed by atoms with van der Waals surface area (Å²) in [6.45, 7) is 2.52. The lowest BCUT2D eigenvalue weighted by Crippen LogP contribution is -2.11. The van der Waals surface area contributed by atoms with Crippen LogP contribution in [0, 0.1) is 6.92 Å². The van der Waals surface area contributed by atoms with E-state index in [-0.39, 0.29) is 0 Å². The Kier molecular flexibility index (Phi) is 3.28. The van der Waals surface area contributed by atoms with E-state index in [9.17, 15) is 0 Å². The van der Waals surface area contributed by atoms with Gasteiger partial charge in [0.15, 0.2) is 0 Å². The van der Waals surface area contributed by atoms with Crippen molar-refractivity contribution in [2.45, 2.75) is 13.5 Å². The Hall–Kier alpha value is -1.06. The predicted octanol–water partition coefficient (Wildman–Crippen LogP) is 1.82. The molecule has 0 saturated carbocycles. The van der Waals surface area contributed by atoms with E-state index in [1.165, 1.54) is 0 Å². The van der Waals surface area contributed by atoms with Crippen LogP contribution in [0.3, 0.4) is 0 Å². The van der Waals surface area contributed by atoms with Crippen molar-refractivity contribution in [2.75, 3.05) is 14.2 Å². The molecule has 0 bridgehead atoms. The number of hydroxylamine groups is 2.